The van der Waals surface area contributed by atoms with E-state index in [0.717, 1.165) is 20.4 Å². The van der Waals surface area contributed by atoms with Gasteiger partial charge in [0.05, 0.1) is 15.6 Å². The van der Waals surface area contributed by atoms with E-state index in [9.17, 15) is 10.1 Å². The van der Waals surface area contributed by atoms with Crippen molar-refractivity contribution in [2.45, 2.75) is 13.2 Å². The Morgan fingerprint density at radius 3 is 2.50 bits per heavy atom. The largest absolute Gasteiger partial charge is 0.493 e. The minimum atomic E-state index is -0.409. The van der Waals surface area contributed by atoms with Gasteiger partial charge in [0.1, 0.15) is 6.61 Å². The van der Waals surface area contributed by atoms with Crippen molar-refractivity contribution in [3.8, 4) is 11.5 Å². The Kier molecular flexibility index (Phi) is 6.75. The van der Waals surface area contributed by atoms with Crippen molar-refractivity contribution in [2.24, 2.45) is 0 Å². The molecule has 32 heavy (non-hydrogen) atoms. The minimum Gasteiger partial charge on any atom is -0.493 e. The molecule has 162 valence electrons. The van der Waals surface area contributed by atoms with E-state index in [0.29, 0.717) is 24.7 Å². The van der Waals surface area contributed by atoms with Crippen molar-refractivity contribution < 1.29 is 14.4 Å². The molecule has 0 heterocycles. The number of methoxy groups -OCH3 is 1. The van der Waals surface area contributed by atoms with Gasteiger partial charge in [-0.05, 0) is 68.8 Å². The fourth-order valence-corrected chi connectivity index (χ4v) is 4.31. The summed E-state index contributed by atoms with van der Waals surface area (Å²) in [4.78, 5) is 10.4. The highest BCUT2D eigenvalue weighted by Gasteiger charge is 2.13. The van der Waals surface area contributed by atoms with Crippen LogP contribution in [-0.2, 0) is 13.2 Å². The van der Waals surface area contributed by atoms with Gasteiger partial charge < -0.3 is 14.8 Å². The predicted octanol–water partition coefficient (Wildman–Crippen LogP) is 6.55. The average Bonchev–Trinajstić information content (AvgIpc) is 2.82. The molecule has 0 fully saturated rings. The van der Waals surface area contributed by atoms with Crippen LogP contribution in [-0.4, -0.2) is 12.0 Å². The summed E-state index contributed by atoms with van der Waals surface area (Å²) < 4.78 is 12.7. The first-order chi connectivity index (χ1) is 15.5. The number of nitrogens with zero attached hydrogens (tertiary/aromatic N) is 1. The number of rotatable bonds is 8. The summed E-state index contributed by atoms with van der Waals surface area (Å²) in [6, 6.07) is 24.8. The second kappa shape index (κ2) is 9.86. The van der Waals surface area contributed by atoms with Gasteiger partial charge in [-0.25, -0.2) is 0 Å². The summed E-state index contributed by atoms with van der Waals surface area (Å²) in [5.41, 5.74) is 3.01. The zero-order valence-electron chi connectivity index (χ0n) is 17.4. The normalized spacial score (nSPS) is 10.7. The molecule has 0 bridgehead atoms. The molecule has 0 radical (unpaired) electrons. The number of fused-ring (bicyclic) bond motifs is 1. The molecule has 4 aromatic carbocycles. The van der Waals surface area contributed by atoms with Crippen molar-refractivity contribution in [1.82, 2.24) is 0 Å². The molecular formula is C25H21IN2O4. The molecule has 0 aliphatic carbocycles. The van der Waals surface area contributed by atoms with E-state index in [1.165, 1.54) is 22.9 Å². The van der Waals surface area contributed by atoms with Crippen LogP contribution >= 0.6 is 22.6 Å². The number of nitro groups is 1. The Bertz CT molecular complexity index is 1250. The van der Waals surface area contributed by atoms with E-state index in [1.54, 1.807) is 19.2 Å². The smallest absolute Gasteiger partial charge is 0.269 e. The predicted molar refractivity (Wildman–Crippen MR) is 134 cm³/mol. The lowest BCUT2D eigenvalue weighted by molar-refractivity contribution is -0.384. The second-order valence-electron chi connectivity index (χ2n) is 7.19. The molecule has 0 spiro atoms. The molecule has 0 aliphatic heterocycles. The number of nitro benzene ring substituents is 1. The van der Waals surface area contributed by atoms with Gasteiger partial charge in [0.25, 0.3) is 5.69 Å². The molecule has 1 N–H and O–H groups in total. The van der Waals surface area contributed by atoms with Crippen molar-refractivity contribution in [2.75, 3.05) is 12.4 Å². The van der Waals surface area contributed by atoms with Gasteiger partial charge in [-0.1, -0.05) is 42.5 Å². The minimum absolute atomic E-state index is 0.0689. The van der Waals surface area contributed by atoms with Crippen LogP contribution in [0, 0.1) is 13.7 Å². The molecule has 4 aromatic rings. The van der Waals surface area contributed by atoms with Crippen LogP contribution in [0.1, 0.15) is 11.1 Å². The van der Waals surface area contributed by atoms with E-state index in [-0.39, 0.29) is 5.69 Å². The molecule has 0 amide bonds. The first-order valence-electron chi connectivity index (χ1n) is 9.99. The number of hydrogen-bond donors (Lipinski definition) is 1. The lowest BCUT2D eigenvalue weighted by Crippen LogP contribution is -2.04. The molecule has 6 nitrogen and oxygen atoms in total. The van der Waals surface area contributed by atoms with Gasteiger partial charge in [-0.2, -0.15) is 0 Å². The first-order valence-corrected chi connectivity index (χ1v) is 11.1. The second-order valence-corrected chi connectivity index (χ2v) is 8.36. The monoisotopic (exact) mass is 540 g/mol. The zero-order chi connectivity index (χ0) is 22.5. The van der Waals surface area contributed by atoms with E-state index in [1.807, 2.05) is 30.3 Å². The molecule has 4 rings (SSSR count). The van der Waals surface area contributed by atoms with Crippen LogP contribution in [0.25, 0.3) is 10.8 Å². The summed E-state index contributed by atoms with van der Waals surface area (Å²) >= 11 is 2.25. The van der Waals surface area contributed by atoms with Crippen LogP contribution < -0.4 is 14.8 Å². The van der Waals surface area contributed by atoms with Gasteiger partial charge in [0, 0.05) is 24.4 Å². The van der Waals surface area contributed by atoms with Crippen molar-refractivity contribution in [3.05, 3.63) is 104 Å². The maximum absolute atomic E-state index is 10.8. The molecule has 0 atom stereocenters. The molecule has 0 unspecified atom stereocenters. The van der Waals surface area contributed by atoms with Crippen LogP contribution in [0.3, 0.4) is 0 Å². The van der Waals surface area contributed by atoms with Gasteiger partial charge in [0.2, 0.25) is 0 Å². The quantitative estimate of drug-likeness (QED) is 0.156. The number of nitrogens with one attached hydrogen (secondary N) is 1. The Hall–Kier alpha value is -3.33. The molecule has 0 saturated heterocycles. The van der Waals surface area contributed by atoms with Gasteiger partial charge >= 0.3 is 0 Å². The summed E-state index contributed by atoms with van der Waals surface area (Å²) in [6.07, 6.45) is 0. The highest BCUT2D eigenvalue weighted by Crippen LogP contribution is 2.35. The fraction of sp³-hybridized carbons (Fsp3) is 0.120. The van der Waals surface area contributed by atoms with E-state index in [2.05, 4.69) is 52.2 Å². The van der Waals surface area contributed by atoms with Crippen molar-refractivity contribution in [3.63, 3.8) is 0 Å². The number of anilines is 1. The fourth-order valence-electron chi connectivity index (χ4n) is 3.49. The average molecular weight is 540 g/mol. The Morgan fingerprint density at radius 1 is 1.00 bits per heavy atom. The van der Waals surface area contributed by atoms with Crippen molar-refractivity contribution >= 4 is 44.7 Å². The van der Waals surface area contributed by atoms with Gasteiger partial charge in [0.15, 0.2) is 11.5 Å². The van der Waals surface area contributed by atoms with Crippen LogP contribution in [0.2, 0.25) is 0 Å². The summed E-state index contributed by atoms with van der Waals surface area (Å²) in [6.45, 7) is 0.988. The third-order valence-corrected chi connectivity index (χ3v) is 5.92. The Labute approximate surface area is 199 Å². The van der Waals surface area contributed by atoms with Crippen LogP contribution in [0.4, 0.5) is 11.4 Å². The number of ether oxygens (including phenoxy) is 2. The third-order valence-electron chi connectivity index (χ3n) is 5.12. The van der Waals surface area contributed by atoms with Crippen LogP contribution in [0.15, 0.2) is 78.9 Å². The van der Waals surface area contributed by atoms with Gasteiger partial charge in [-0.15, -0.1) is 0 Å². The highest BCUT2D eigenvalue weighted by molar-refractivity contribution is 14.1. The van der Waals surface area contributed by atoms with Gasteiger partial charge in [-0.3, -0.25) is 10.1 Å². The Balaban J connectivity index is 1.48. The SMILES string of the molecule is COc1cc(CNc2ccc([N+](=O)[O-])cc2)cc(I)c1OCc1cccc2ccccc12. The molecular weight excluding hydrogens is 519 g/mol. The van der Waals surface area contributed by atoms with E-state index < -0.39 is 4.92 Å². The standard InChI is InChI=1S/C25H21IN2O4/c1-31-24-14-17(15-27-20-9-11-21(12-10-20)28(29)30)13-23(26)25(24)32-16-19-7-4-6-18-5-2-3-8-22(18)19/h2-14,27H,15-16H2,1H3. The highest BCUT2D eigenvalue weighted by atomic mass is 127. The topological polar surface area (TPSA) is 73.6 Å². The number of hydrogen-bond acceptors (Lipinski definition) is 5. The molecule has 0 aliphatic rings. The Morgan fingerprint density at radius 2 is 1.75 bits per heavy atom. The number of non-ortho nitro benzene ring substituents is 1. The molecule has 7 heteroatoms. The maximum Gasteiger partial charge on any atom is 0.269 e. The zero-order valence-corrected chi connectivity index (χ0v) is 19.5. The lowest BCUT2D eigenvalue weighted by Gasteiger charge is -2.16. The summed E-state index contributed by atoms with van der Waals surface area (Å²) in [7, 11) is 1.63. The van der Waals surface area contributed by atoms with E-state index in [4.69, 9.17) is 9.47 Å². The van der Waals surface area contributed by atoms with Crippen molar-refractivity contribution in [1.29, 1.82) is 0 Å². The van der Waals surface area contributed by atoms with E-state index >= 15 is 0 Å². The van der Waals surface area contributed by atoms with Crippen LogP contribution in [0.5, 0.6) is 11.5 Å². The lowest BCUT2D eigenvalue weighted by atomic mass is 10.1. The number of halogens is 1. The summed E-state index contributed by atoms with van der Waals surface area (Å²) in [5.74, 6) is 1.37. The number of benzene rings is 4. The summed E-state index contributed by atoms with van der Waals surface area (Å²) in [5, 5.41) is 16.4. The molecule has 0 aromatic heterocycles. The third kappa shape index (κ3) is 4.94. The maximum atomic E-state index is 10.8. The molecule has 0 saturated carbocycles. The first kappa shape index (κ1) is 21.9.